The molecule has 0 unspecified atom stereocenters. The van der Waals surface area contributed by atoms with Crippen molar-refractivity contribution in [2.24, 2.45) is 0 Å². The van der Waals surface area contributed by atoms with Gasteiger partial charge in [-0.05, 0) is 107 Å². The van der Waals surface area contributed by atoms with E-state index >= 15 is 0 Å². The molecular weight excluding hydrogens is 673 g/mol. The van der Waals surface area contributed by atoms with Gasteiger partial charge in [-0.15, -0.1) is 0 Å². The molecule has 2 heterocycles. The van der Waals surface area contributed by atoms with Gasteiger partial charge in [-0.1, -0.05) is 111 Å². The molecule has 1 aliphatic carbocycles. The number of nitrogens with zero attached hydrogens (tertiary/aromatic N) is 2. The van der Waals surface area contributed by atoms with Crippen LogP contribution in [0, 0.1) is 0 Å². The molecule has 0 radical (unpaired) electrons. The van der Waals surface area contributed by atoms with Gasteiger partial charge in [-0.25, -0.2) is 0 Å². The highest BCUT2D eigenvalue weighted by Crippen LogP contribution is 2.59. The number of benzene rings is 8. The van der Waals surface area contributed by atoms with Gasteiger partial charge in [0.15, 0.2) is 5.58 Å². The van der Waals surface area contributed by atoms with E-state index in [0.29, 0.717) is 0 Å². The minimum Gasteiger partial charge on any atom is -0.456 e. The molecule has 8 aromatic carbocycles. The standard InChI is InChI=1S/C51H36N2O2/c1-51(2)48-38(28-30-45-46(48)41-31-37(27-29-44(41)54-45)52(33-17-7-3-8-18-33)34-19-9-4-10-20-34)40-32-42(50-47(49(40)51)39-25-15-16-26-43(39)55-50)53(35-21-11-5-12-22-35)36-23-13-6-14-24-36/h3-32H,1-2H3. The number of hydrogen-bond donors (Lipinski definition) is 0. The first kappa shape index (κ1) is 31.5. The second-order valence-electron chi connectivity index (χ2n) is 14.9. The highest BCUT2D eigenvalue weighted by atomic mass is 16.3. The Kier molecular flexibility index (Phi) is 6.86. The Morgan fingerprint density at radius 3 is 1.51 bits per heavy atom. The van der Waals surface area contributed by atoms with E-state index in [1.54, 1.807) is 0 Å². The van der Waals surface area contributed by atoms with Gasteiger partial charge in [0, 0.05) is 55.4 Å². The predicted molar refractivity (Wildman–Crippen MR) is 228 cm³/mol. The third kappa shape index (κ3) is 4.71. The Bertz CT molecular complexity index is 2980. The second-order valence-corrected chi connectivity index (χ2v) is 14.9. The number of anilines is 6. The van der Waals surface area contributed by atoms with Crippen LogP contribution >= 0.6 is 0 Å². The first-order chi connectivity index (χ1) is 27.1. The summed E-state index contributed by atoms with van der Waals surface area (Å²) in [5.74, 6) is 0. The Morgan fingerprint density at radius 2 is 0.891 bits per heavy atom. The van der Waals surface area contributed by atoms with Gasteiger partial charge in [-0.2, -0.15) is 0 Å². The molecule has 11 rings (SSSR count). The summed E-state index contributed by atoms with van der Waals surface area (Å²) < 4.78 is 13.6. The fourth-order valence-electron chi connectivity index (χ4n) is 9.09. The van der Waals surface area contributed by atoms with E-state index in [4.69, 9.17) is 8.83 Å². The van der Waals surface area contributed by atoms with Crippen LogP contribution in [0.1, 0.15) is 25.0 Å². The summed E-state index contributed by atoms with van der Waals surface area (Å²) >= 11 is 0. The van der Waals surface area contributed by atoms with Gasteiger partial charge in [0.25, 0.3) is 0 Å². The molecule has 0 N–H and O–H groups in total. The summed E-state index contributed by atoms with van der Waals surface area (Å²) in [5.41, 5.74) is 14.5. The lowest BCUT2D eigenvalue weighted by molar-refractivity contribution is 0.656. The predicted octanol–water partition coefficient (Wildman–Crippen LogP) is 14.7. The lowest BCUT2D eigenvalue weighted by Crippen LogP contribution is -2.16. The lowest BCUT2D eigenvalue weighted by atomic mass is 9.78. The fraction of sp³-hybridized carbons (Fsp3) is 0.0588. The molecule has 55 heavy (non-hydrogen) atoms. The quantitative estimate of drug-likeness (QED) is 0.172. The molecule has 2 aromatic heterocycles. The van der Waals surface area contributed by atoms with Gasteiger partial charge in [0.1, 0.15) is 16.7 Å². The van der Waals surface area contributed by atoms with E-state index in [1.165, 1.54) is 22.3 Å². The largest absolute Gasteiger partial charge is 0.456 e. The molecule has 262 valence electrons. The smallest absolute Gasteiger partial charge is 0.159 e. The monoisotopic (exact) mass is 708 g/mol. The molecule has 0 bridgehead atoms. The van der Waals surface area contributed by atoms with E-state index in [0.717, 1.165) is 78.0 Å². The molecular formula is C51H36N2O2. The Labute approximate surface area is 319 Å². The zero-order valence-corrected chi connectivity index (χ0v) is 30.5. The van der Waals surface area contributed by atoms with Crippen molar-refractivity contribution >= 4 is 78.0 Å². The van der Waals surface area contributed by atoms with Crippen molar-refractivity contribution in [3.8, 4) is 11.1 Å². The number of rotatable bonds is 6. The number of fused-ring (bicyclic) bond motifs is 11. The second kappa shape index (κ2) is 12.0. The molecule has 0 aliphatic heterocycles. The number of hydrogen-bond acceptors (Lipinski definition) is 4. The molecule has 0 fully saturated rings. The maximum atomic E-state index is 6.93. The fourth-order valence-corrected chi connectivity index (χ4v) is 9.09. The van der Waals surface area contributed by atoms with Gasteiger partial charge < -0.3 is 18.6 Å². The Balaban J connectivity index is 1.20. The average Bonchev–Trinajstić information content (AvgIpc) is 3.87. The Morgan fingerprint density at radius 1 is 0.382 bits per heavy atom. The first-order valence-electron chi connectivity index (χ1n) is 18.9. The number of furan rings is 2. The topological polar surface area (TPSA) is 32.8 Å². The van der Waals surface area contributed by atoms with Crippen LogP contribution in [-0.2, 0) is 5.41 Å². The number of para-hydroxylation sites is 5. The maximum absolute atomic E-state index is 6.93. The van der Waals surface area contributed by atoms with Crippen molar-refractivity contribution in [1.29, 1.82) is 0 Å². The van der Waals surface area contributed by atoms with Crippen molar-refractivity contribution in [3.05, 3.63) is 193 Å². The maximum Gasteiger partial charge on any atom is 0.159 e. The summed E-state index contributed by atoms with van der Waals surface area (Å²) in [4.78, 5) is 4.65. The van der Waals surface area contributed by atoms with E-state index in [-0.39, 0.29) is 5.41 Å². The van der Waals surface area contributed by atoms with E-state index in [1.807, 2.05) is 0 Å². The minimum absolute atomic E-state index is 0.386. The molecule has 4 nitrogen and oxygen atoms in total. The SMILES string of the molecule is CC1(C)c2c(ccc3oc4ccc(N(c5ccccc5)c5ccccc5)cc4c23)-c2cc(N(c3ccccc3)c3ccccc3)c3oc4ccccc4c3c21. The van der Waals surface area contributed by atoms with Crippen LogP contribution in [0.4, 0.5) is 34.1 Å². The molecule has 0 spiro atoms. The highest BCUT2D eigenvalue weighted by Gasteiger charge is 2.42. The Hall–Kier alpha value is -7.04. The van der Waals surface area contributed by atoms with Crippen LogP contribution in [0.3, 0.4) is 0 Å². The molecule has 0 atom stereocenters. The lowest BCUT2D eigenvalue weighted by Gasteiger charge is -2.28. The van der Waals surface area contributed by atoms with Gasteiger partial charge >= 0.3 is 0 Å². The minimum atomic E-state index is -0.386. The van der Waals surface area contributed by atoms with Crippen LogP contribution in [0.5, 0.6) is 0 Å². The van der Waals surface area contributed by atoms with Crippen molar-refractivity contribution in [1.82, 2.24) is 0 Å². The van der Waals surface area contributed by atoms with Crippen LogP contribution in [0.15, 0.2) is 191 Å². The van der Waals surface area contributed by atoms with Crippen LogP contribution in [0.2, 0.25) is 0 Å². The van der Waals surface area contributed by atoms with Crippen LogP contribution < -0.4 is 9.80 Å². The van der Waals surface area contributed by atoms with Crippen LogP contribution in [-0.4, -0.2) is 0 Å². The van der Waals surface area contributed by atoms with E-state index in [2.05, 4.69) is 206 Å². The van der Waals surface area contributed by atoms with E-state index < -0.39 is 0 Å². The summed E-state index contributed by atoms with van der Waals surface area (Å²) in [6.45, 7) is 4.74. The first-order valence-corrected chi connectivity index (χ1v) is 18.9. The molecule has 1 aliphatic rings. The van der Waals surface area contributed by atoms with Crippen molar-refractivity contribution in [2.45, 2.75) is 19.3 Å². The zero-order valence-electron chi connectivity index (χ0n) is 30.5. The van der Waals surface area contributed by atoms with Gasteiger partial charge in [-0.3, -0.25) is 0 Å². The molecule has 0 saturated heterocycles. The zero-order chi connectivity index (χ0) is 36.7. The molecule has 0 amide bonds. The van der Waals surface area contributed by atoms with Crippen LogP contribution in [0.25, 0.3) is 55.0 Å². The highest BCUT2D eigenvalue weighted by molar-refractivity contribution is 6.19. The normalized spacial score (nSPS) is 13.1. The third-order valence-corrected chi connectivity index (χ3v) is 11.3. The average molecular weight is 709 g/mol. The van der Waals surface area contributed by atoms with Gasteiger partial charge in [0.05, 0.1) is 5.69 Å². The molecule has 0 saturated carbocycles. The summed E-state index contributed by atoms with van der Waals surface area (Å²) in [6.07, 6.45) is 0. The summed E-state index contributed by atoms with van der Waals surface area (Å²) in [6, 6.07) is 64.2. The van der Waals surface area contributed by atoms with Crippen molar-refractivity contribution in [2.75, 3.05) is 9.80 Å². The van der Waals surface area contributed by atoms with Crippen molar-refractivity contribution in [3.63, 3.8) is 0 Å². The van der Waals surface area contributed by atoms with Gasteiger partial charge in [0.2, 0.25) is 0 Å². The van der Waals surface area contributed by atoms with E-state index in [9.17, 15) is 0 Å². The molecule has 10 aromatic rings. The van der Waals surface area contributed by atoms with Crippen molar-refractivity contribution < 1.29 is 8.83 Å². The summed E-state index contributed by atoms with van der Waals surface area (Å²) in [5, 5.41) is 4.53. The molecule has 4 heteroatoms. The summed E-state index contributed by atoms with van der Waals surface area (Å²) in [7, 11) is 0. The third-order valence-electron chi connectivity index (χ3n) is 11.3.